The van der Waals surface area contributed by atoms with E-state index in [2.05, 4.69) is 9.88 Å². The number of ether oxygens (including phenoxy) is 2. The second-order valence-electron chi connectivity index (χ2n) is 8.95. The molecule has 2 saturated heterocycles. The molecule has 154 valence electrons. The van der Waals surface area contributed by atoms with Gasteiger partial charge in [0.15, 0.2) is 0 Å². The zero-order valence-corrected chi connectivity index (χ0v) is 17.0. The number of hydrogen-bond donors (Lipinski definition) is 0. The van der Waals surface area contributed by atoms with Crippen molar-refractivity contribution in [3.8, 4) is 5.75 Å². The summed E-state index contributed by atoms with van der Waals surface area (Å²) < 4.78 is 12.1. The monoisotopic (exact) mass is 386 g/mol. The van der Waals surface area contributed by atoms with Crippen molar-refractivity contribution in [2.45, 2.75) is 69.8 Å². The molecule has 1 aliphatic carbocycles. The number of piperidine rings is 1. The Kier molecular flexibility index (Phi) is 6.50. The molecule has 0 bridgehead atoms. The maximum absolute atomic E-state index is 12.6. The van der Waals surface area contributed by atoms with Crippen LogP contribution >= 0.6 is 0 Å². The van der Waals surface area contributed by atoms with Gasteiger partial charge in [-0.1, -0.05) is 12.8 Å². The van der Waals surface area contributed by atoms with Crippen LogP contribution in [0.4, 0.5) is 0 Å². The molecule has 3 fully saturated rings. The van der Waals surface area contributed by atoms with E-state index in [4.69, 9.17) is 9.47 Å². The first-order valence-electron chi connectivity index (χ1n) is 11.2. The number of pyridine rings is 1. The predicted octanol–water partition coefficient (Wildman–Crippen LogP) is 4.22. The van der Waals surface area contributed by atoms with E-state index in [1.165, 1.54) is 25.7 Å². The zero-order valence-electron chi connectivity index (χ0n) is 17.0. The Hall–Kier alpha value is -1.62. The Morgan fingerprint density at radius 3 is 2.64 bits per heavy atom. The first-order valence-corrected chi connectivity index (χ1v) is 11.2. The first kappa shape index (κ1) is 19.7. The molecule has 5 nitrogen and oxygen atoms in total. The normalized spacial score (nSPS) is 25.1. The summed E-state index contributed by atoms with van der Waals surface area (Å²) in [6, 6.07) is 3.81. The average molecular weight is 387 g/mol. The number of nitrogens with zero attached hydrogens (tertiary/aromatic N) is 2. The highest BCUT2D eigenvalue weighted by Crippen LogP contribution is 2.39. The number of carbonyl (C=O) groups excluding carboxylic acids is 1. The molecule has 1 unspecified atom stereocenters. The number of aromatic nitrogens is 1. The maximum Gasteiger partial charge on any atom is 0.222 e. The molecule has 5 heteroatoms. The van der Waals surface area contributed by atoms with Gasteiger partial charge in [0.05, 0.1) is 12.2 Å². The molecular formula is C23H34N2O3. The molecule has 4 rings (SSSR count). The van der Waals surface area contributed by atoms with Crippen LogP contribution in [-0.4, -0.2) is 47.7 Å². The summed E-state index contributed by atoms with van der Waals surface area (Å²) in [7, 11) is 0. The summed E-state index contributed by atoms with van der Waals surface area (Å²) in [6.07, 6.45) is 14.7. The van der Waals surface area contributed by atoms with E-state index in [1.807, 2.05) is 12.1 Å². The fraction of sp³-hybridized carbons (Fsp3) is 0.739. The second-order valence-corrected chi connectivity index (χ2v) is 8.95. The Labute approximate surface area is 168 Å². The van der Waals surface area contributed by atoms with Crippen LogP contribution in [0.5, 0.6) is 5.75 Å². The van der Waals surface area contributed by atoms with Crippen molar-refractivity contribution in [3.63, 3.8) is 0 Å². The molecule has 1 aromatic rings. The zero-order chi connectivity index (χ0) is 19.2. The molecule has 2 aliphatic heterocycles. The van der Waals surface area contributed by atoms with Crippen LogP contribution in [0.25, 0.3) is 0 Å². The van der Waals surface area contributed by atoms with E-state index < -0.39 is 0 Å². The SMILES string of the molecule is O=C(CC1CCCC1)N1CCC2(CC1)CC(CCOc1ccncc1)CCO2. The van der Waals surface area contributed by atoms with Gasteiger partial charge in [-0.3, -0.25) is 9.78 Å². The molecular weight excluding hydrogens is 352 g/mol. The fourth-order valence-electron chi connectivity index (χ4n) is 5.26. The third-order valence-electron chi connectivity index (χ3n) is 7.01. The first-order chi connectivity index (χ1) is 13.7. The molecule has 1 amide bonds. The molecule has 0 aromatic carbocycles. The van der Waals surface area contributed by atoms with Crippen molar-refractivity contribution in [2.75, 3.05) is 26.3 Å². The number of likely N-dealkylation sites (tertiary alicyclic amines) is 1. The van der Waals surface area contributed by atoms with Crippen LogP contribution in [0.2, 0.25) is 0 Å². The van der Waals surface area contributed by atoms with Gasteiger partial charge in [0.25, 0.3) is 0 Å². The number of hydrogen-bond acceptors (Lipinski definition) is 4. The van der Waals surface area contributed by atoms with E-state index in [0.29, 0.717) is 17.7 Å². The van der Waals surface area contributed by atoms with Gasteiger partial charge < -0.3 is 14.4 Å². The van der Waals surface area contributed by atoms with Gasteiger partial charge in [-0.05, 0) is 68.9 Å². The minimum Gasteiger partial charge on any atom is -0.493 e. The van der Waals surface area contributed by atoms with Gasteiger partial charge in [-0.25, -0.2) is 0 Å². The highest BCUT2D eigenvalue weighted by atomic mass is 16.5. The highest BCUT2D eigenvalue weighted by molar-refractivity contribution is 5.76. The van der Waals surface area contributed by atoms with E-state index in [-0.39, 0.29) is 5.60 Å². The van der Waals surface area contributed by atoms with Gasteiger partial charge >= 0.3 is 0 Å². The summed E-state index contributed by atoms with van der Waals surface area (Å²) in [5.74, 6) is 2.56. The van der Waals surface area contributed by atoms with Crippen molar-refractivity contribution in [2.24, 2.45) is 11.8 Å². The minimum absolute atomic E-state index is 0.0102. The van der Waals surface area contributed by atoms with Crippen LogP contribution in [0.1, 0.15) is 64.2 Å². The van der Waals surface area contributed by atoms with Crippen molar-refractivity contribution in [3.05, 3.63) is 24.5 Å². The van der Waals surface area contributed by atoms with Gasteiger partial charge in [0, 0.05) is 38.5 Å². The fourth-order valence-corrected chi connectivity index (χ4v) is 5.26. The van der Waals surface area contributed by atoms with Crippen molar-refractivity contribution >= 4 is 5.91 Å². The van der Waals surface area contributed by atoms with Crippen molar-refractivity contribution in [1.82, 2.24) is 9.88 Å². The lowest BCUT2D eigenvalue weighted by atomic mass is 9.78. The van der Waals surface area contributed by atoms with E-state index in [0.717, 1.165) is 70.6 Å². The topological polar surface area (TPSA) is 51.7 Å². The van der Waals surface area contributed by atoms with Crippen LogP contribution in [0.15, 0.2) is 24.5 Å². The molecule has 1 atom stereocenters. The molecule has 3 aliphatic rings. The molecule has 1 saturated carbocycles. The van der Waals surface area contributed by atoms with Gasteiger partial charge in [0.1, 0.15) is 5.75 Å². The minimum atomic E-state index is -0.0102. The third-order valence-corrected chi connectivity index (χ3v) is 7.01. The third kappa shape index (κ3) is 5.05. The van der Waals surface area contributed by atoms with Crippen LogP contribution in [0, 0.1) is 11.8 Å². The number of amides is 1. The van der Waals surface area contributed by atoms with Crippen LogP contribution in [0.3, 0.4) is 0 Å². The second kappa shape index (κ2) is 9.25. The lowest BCUT2D eigenvalue weighted by Crippen LogP contribution is -2.51. The van der Waals surface area contributed by atoms with Gasteiger partial charge in [0.2, 0.25) is 5.91 Å². The van der Waals surface area contributed by atoms with Crippen molar-refractivity contribution < 1.29 is 14.3 Å². The summed E-state index contributed by atoms with van der Waals surface area (Å²) in [5.41, 5.74) is -0.0102. The summed E-state index contributed by atoms with van der Waals surface area (Å²) in [5, 5.41) is 0. The predicted molar refractivity (Wildman–Crippen MR) is 108 cm³/mol. The maximum atomic E-state index is 12.6. The Bertz CT molecular complexity index is 622. The standard InChI is InChI=1S/C23H34N2O3/c26-22(17-19-3-1-2-4-19)25-13-9-23(10-14-25)18-20(8-16-28-23)7-15-27-21-5-11-24-12-6-21/h5-6,11-12,19-20H,1-4,7-10,13-18H2. The Morgan fingerprint density at radius 2 is 1.89 bits per heavy atom. The van der Waals surface area contributed by atoms with Crippen LogP contribution < -0.4 is 4.74 Å². The molecule has 3 heterocycles. The lowest BCUT2D eigenvalue weighted by Gasteiger charge is -2.46. The smallest absolute Gasteiger partial charge is 0.222 e. The summed E-state index contributed by atoms with van der Waals surface area (Å²) >= 11 is 0. The van der Waals surface area contributed by atoms with Crippen LogP contribution in [-0.2, 0) is 9.53 Å². The Morgan fingerprint density at radius 1 is 1.14 bits per heavy atom. The lowest BCUT2D eigenvalue weighted by molar-refractivity contribution is -0.148. The van der Waals surface area contributed by atoms with Gasteiger partial charge in [-0.15, -0.1) is 0 Å². The highest BCUT2D eigenvalue weighted by Gasteiger charge is 2.41. The van der Waals surface area contributed by atoms with E-state index in [9.17, 15) is 4.79 Å². The number of carbonyl (C=O) groups is 1. The molecule has 1 spiro atoms. The van der Waals surface area contributed by atoms with E-state index >= 15 is 0 Å². The summed E-state index contributed by atoms with van der Waals surface area (Å²) in [6.45, 7) is 3.32. The largest absolute Gasteiger partial charge is 0.493 e. The molecule has 0 radical (unpaired) electrons. The Balaban J connectivity index is 1.21. The molecule has 0 N–H and O–H groups in total. The average Bonchev–Trinajstić information content (AvgIpc) is 3.22. The molecule has 28 heavy (non-hydrogen) atoms. The van der Waals surface area contributed by atoms with Crippen molar-refractivity contribution in [1.29, 1.82) is 0 Å². The quantitative estimate of drug-likeness (QED) is 0.735. The number of rotatable bonds is 6. The van der Waals surface area contributed by atoms with Gasteiger partial charge in [-0.2, -0.15) is 0 Å². The summed E-state index contributed by atoms with van der Waals surface area (Å²) in [4.78, 5) is 18.8. The molecule has 1 aromatic heterocycles. The van der Waals surface area contributed by atoms with E-state index in [1.54, 1.807) is 12.4 Å².